The van der Waals surface area contributed by atoms with Crippen LogP contribution in [0, 0.1) is 17.5 Å². The van der Waals surface area contributed by atoms with Gasteiger partial charge >= 0.3 is 0 Å². The summed E-state index contributed by atoms with van der Waals surface area (Å²) in [4.78, 5) is 0. The van der Waals surface area contributed by atoms with Crippen LogP contribution in [0.4, 0.5) is 18.9 Å². The normalized spacial score (nSPS) is 10.9. The summed E-state index contributed by atoms with van der Waals surface area (Å²) in [5, 5.41) is 2.72. The number of benzene rings is 1. The third kappa shape index (κ3) is 2.52. The molecule has 0 atom stereocenters. The van der Waals surface area contributed by atoms with Crippen LogP contribution in [-0.4, -0.2) is 6.54 Å². The summed E-state index contributed by atoms with van der Waals surface area (Å²) in [6, 6.07) is 1.84. The molecule has 1 N–H and O–H groups in total. The van der Waals surface area contributed by atoms with Gasteiger partial charge < -0.3 is 5.32 Å². The van der Waals surface area contributed by atoms with Crippen molar-refractivity contribution < 1.29 is 13.2 Å². The van der Waals surface area contributed by atoms with Crippen molar-refractivity contribution in [1.29, 1.82) is 0 Å². The lowest BCUT2D eigenvalue weighted by Gasteiger charge is -2.04. The summed E-state index contributed by atoms with van der Waals surface area (Å²) in [7, 11) is 0. The zero-order valence-corrected chi connectivity index (χ0v) is 7.65. The molecule has 1 aromatic rings. The molecule has 1 rings (SSSR count). The van der Waals surface area contributed by atoms with Crippen LogP contribution in [0.3, 0.4) is 0 Å². The fourth-order valence-electron chi connectivity index (χ4n) is 0.952. The van der Waals surface area contributed by atoms with Gasteiger partial charge in [0.05, 0.1) is 0 Å². The largest absolute Gasteiger partial charge is 0.381 e. The number of allylic oxidation sites excluding steroid dienone is 1. The molecule has 76 valence electrons. The summed E-state index contributed by atoms with van der Waals surface area (Å²) in [5.74, 6) is -3.82. The van der Waals surface area contributed by atoms with E-state index in [1.54, 1.807) is 12.2 Å². The van der Waals surface area contributed by atoms with Crippen molar-refractivity contribution in [3.63, 3.8) is 0 Å². The SMILES string of the molecule is C/C=C/CNc1cc(F)c(F)c(F)c1. The summed E-state index contributed by atoms with van der Waals surface area (Å²) in [6.45, 7) is 2.27. The second kappa shape index (κ2) is 4.69. The predicted molar refractivity (Wildman–Crippen MR) is 49.6 cm³/mol. The molecule has 0 saturated heterocycles. The summed E-state index contributed by atoms with van der Waals surface area (Å²) in [6.07, 6.45) is 3.57. The van der Waals surface area contributed by atoms with Crippen molar-refractivity contribution in [2.24, 2.45) is 0 Å². The van der Waals surface area contributed by atoms with Crippen molar-refractivity contribution >= 4 is 5.69 Å². The minimum Gasteiger partial charge on any atom is -0.381 e. The molecular weight excluding hydrogens is 191 g/mol. The molecular formula is C10H10F3N. The average molecular weight is 201 g/mol. The minimum atomic E-state index is -1.44. The van der Waals surface area contributed by atoms with Gasteiger partial charge in [0.15, 0.2) is 17.5 Å². The van der Waals surface area contributed by atoms with E-state index in [4.69, 9.17) is 0 Å². The van der Waals surface area contributed by atoms with Crippen molar-refractivity contribution in [2.75, 3.05) is 11.9 Å². The summed E-state index contributed by atoms with van der Waals surface area (Å²) < 4.78 is 37.9. The first kappa shape index (κ1) is 10.6. The first-order chi connectivity index (χ1) is 6.65. The van der Waals surface area contributed by atoms with E-state index in [9.17, 15) is 13.2 Å². The Kier molecular flexibility index (Phi) is 3.56. The third-order valence-corrected chi connectivity index (χ3v) is 1.64. The smallest absolute Gasteiger partial charge is 0.194 e. The molecule has 0 heterocycles. The molecule has 0 bridgehead atoms. The van der Waals surface area contributed by atoms with E-state index in [0.717, 1.165) is 12.1 Å². The molecule has 4 heteroatoms. The molecule has 0 radical (unpaired) electrons. The Morgan fingerprint density at radius 2 is 1.79 bits per heavy atom. The summed E-state index contributed by atoms with van der Waals surface area (Å²) >= 11 is 0. The molecule has 14 heavy (non-hydrogen) atoms. The van der Waals surface area contributed by atoms with E-state index < -0.39 is 17.5 Å². The molecule has 0 fully saturated rings. The van der Waals surface area contributed by atoms with Gasteiger partial charge in [0, 0.05) is 24.4 Å². The lowest BCUT2D eigenvalue weighted by molar-refractivity contribution is 0.448. The van der Waals surface area contributed by atoms with Crippen LogP contribution in [0.1, 0.15) is 6.92 Å². The Morgan fingerprint density at radius 3 is 2.29 bits per heavy atom. The number of halogens is 3. The molecule has 1 aromatic carbocycles. The van der Waals surface area contributed by atoms with Gasteiger partial charge in [-0.2, -0.15) is 0 Å². The Bertz CT molecular complexity index is 324. The average Bonchev–Trinajstić information content (AvgIpc) is 2.14. The van der Waals surface area contributed by atoms with Gasteiger partial charge in [0.1, 0.15) is 0 Å². The van der Waals surface area contributed by atoms with Crippen molar-refractivity contribution in [3.05, 3.63) is 41.7 Å². The van der Waals surface area contributed by atoms with Gasteiger partial charge in [-0.1, -0.05) is 12.2 Å². The van der Waals surface area contributed by atoms with E-state index >= 15 is 0 Å². The molecule has 0 saturated carbocycles. The Labute approximate surface area is 80.2 Å². The number of nitrogens with one attached hydrogen (secondary N) is 1. The van der Waals surface area contributed by atoms with Crippen LogP contribution in [0.15, 0.2) is 24.3 Å². The van der Waals surface area contributed by atoms with Crippen LogP contribution in [0.2, 0.25) is 0 Å². The summed E-state index contributed by atoms with van der Waals surface area (Å²) in [5.41, 5.74) is 0.222. The van der Waals surface area contributed by atoms with Crippen LogP contribution >= 0.6 is 0 Å². The van der Waals surface area contributed by atoms with E-state index in [1.165, 1.54) is 0 Å². The zero-order chi connectivity index (χ0) is 10.6. The van der Waals surface area contributed by atoms with Crippen molar-refractivity contribution in [1.82, 2.24) is 0 Å². The van der Waals surface area contributed by atoms with Gasteiger partial charge in [-0.15, -0.1) is 0 Å². The Balaban J connectivity index is 2.79. The topological polar surface area (TPSA) is 12.0 Å². The lowest BCUT2D eigenvalue weighted by atomic mass is 10.3. The number of rotatable bonds is 3. The van der Waals surface area contributed by atoms with Crippen LogP contribution in [-0.2, 0) is 0 Å². The fraction of sp³-hybridized carbons (Fsp3) is 0.200. The first-order valence-corrected chi connectivity index (χ1v) is 4.14. The lowest BCUT2D eigenvalue weighted by Crippen LogP contribution is -2.01. The molecule has 0 aromatic heterocycles. The molecule has 1 nitrogen and oxygen atoms in total. The van der Waals surface area contributed by atoms with Crippen LogP contribution in [0.5, 0.6) is 0 Å². The molecule has 0 spiro atoms. The molecule has 0 aliphatic heterocycles. The maximum Gasteiger partial charge on any atom is 0.194 e. The number of anilines is 1. The van der Waals surface area contributed by atoms with E-state index in [2.05, 4.69) is 5.32 Å². The number of hydrogen-bond acceptors (Lipinski definition) is 1. The molecule has 0 aliphatic carbocycles. The van der Waals surface area contributed by atoms with E-state index in [0.29, 0.717) is 6.54 Å². The van der Waals surface area contributed by atoms with E-state index in [-0.39, 0.29) is 5.69 Å². The van der Waals surface area contributed by atoms with E-state index in [1.807, 2.05) is 6.92 Å². The van der Waals surface area contributed by atoms with Gasteiger partial charge in [-0.3, -0.25) is 0 Å². The van der Waals surface area contributed by atoms with Gasteiger partial charge in [0.2, 0.25) is 0 Å². The molecule has 0 aliphatic rings. The van der Waals surface area contributed by atoms with Gasteiger partial charge in [-0.05, 0) is 6.92 Å². The maximum absolute atomic E-state index is 12.7. The van der Waals surface area contributed by atoms with Crippen LogP contribution in [0.25, 0.3) is 0 Å². The monoisotopic (exact) mass is 201 g/mol. The highest BCUT2D eigenvalue weighted by molar-refractivity contribution is 5.44. The molecule has 0 unspecified atom stereocenters. The maximum atomic E-state index is 12.7. The zero-order valence-electron chi connectivity index (χ0n) is 7.65. The highest BCUT2D eigenvalue weighted by Crippen LogP contribution is 2.16. The van der Waals surface area contributed by atoms with Crippen LogP contribution < -0.4 is 5.32 Å². The highest BCUT2D eigenvalue weighted by Gasteiger charge is 2.09. The fourth-order valence-corrected chi connectivity index (χ4v) is 0.952. The standard InChI is InChI=1S/C10H10F3N/c1-2-3-4-14-7-5-8(11)10(13)9(12)6-7/h2-3,5-6,14H,4H2,1H3/b3-2+. The van der Waals surface area contributed by atoms with Gasteiger partial charge in [-0.25, -0.2) is 13.2 Å². The quantitative estimate of drug-likeness (QED) is 0.585. The minimum absolute atomic E-state index is 0.222. The first-order valence-electron chi connectivity index (χ1n) is 4.14. The second-order valence-corrected chi connectivity index (χ2v) is 2.70. The number of hydrogen-bond donors (Lipinski definition) is 1. The van der Waals surface area contributed by atoms with Crippen molar-refractivity contribution in [2.45, 2.75) is 6.92 Å². The Morgan fingerprint density at radius 1 is 1.21 bits per heavy atom. The Hall–Kier alpha value is -1.45. The molecule has 0 amide bonds. The second-order valence-electron chi connectivity index (χ2n) is 2.70. The van der Waals surface area contributed by atoms with Crippen molar-refractivity contribution in [3.8, 4) is 0 Å². The predicted octanol–water partition coefficient (Wildman–Crippen LogP) is 3.09. The highest BCUT2D eigenvalue weighted by atomic mass is 19.2. The third-order valence-electron chi connectivity index (χ3n) is 1.64. The van der Waals surface area contributed by atoms with Gasteiger partial charge in [0.25, 0.3) is 0 Å².